The molecule has 0 heterocycles. The summed E-state index contributed by atoms with van der Waals surface area (Å²) in [6.07, 6.45) is 2.35. The average molecular weight is 210 g/mol. The molecule has 80 valence electrons. The maximum absolute atomic E-state index is 9.29. The van der Waals surface area contributed by atoms with Gasteiger partial charge < -0.3 is 5.11 Å². The van der Waals surface area contributed by atoms with Crippen LogP contribution in [0.1, 0.15) is 29.0 Å². The van der Waals surface area contributed by atoms with Gasteiger partial charge in [-0.15, -0.1) is 0 Å². The minimum atomic E-state index is 0.343. The summed E-state index contributed by atoms with van der Waals surface area (Å²) in [5.74, 6) is 0.854. The Morgan fingerprint density at radius 1 is 0.938 bits per heavy atom. The van der Waals surface area contributed by atoms with Gasteiger partial charge in [-0.25, -0.2) is 0 Å². The Morgan fingerprint density at radius 2 is 1.69 bits per heavy atom. The number of rotatable bonds is 1. The minimum Gasteiger partial charge on any atom is -0.508 e. The van der Waals surface area contributed by atoms with Gasteiger partial charge in [0.15, 0.2) is 0 Å². The standard InChI is InChI=1S/C15H14O/c16-13-8-5-12(6-9-13)15-10-7-11-3-1-2-4-14(11)15/h1-6,8-9,15-16H,7,10H2. The lowest BCUT2D eigenvalue weighted by atomic mass is 9.93. The molecule has 16 heavy (non-hydrogen) atoms. The van der Waals surface area contributed by atoms with Crippen LogP contribution in [-0.4, -0.2) is 5.11 Å². The molecule has 2 aromatic carbocycles. The number of aromatic hydroxyl groups is 1. The lowest BCUT2D eigenvalue weighted by Gasteiger charge is -2.11. The van der Waals surface area contributed by atoms with E-state index in [1.165, 1.54) is 29.5 Å². The first-order valence-electron chi connectivity index (χ1n) is 5.71. The highest BCUT2D eigenvalue weighted by Gasteiger charge is 2.22. The van der Waals surface area contributed by atoms with E-state index in [1.807, 2.05) is 12.1 Å². The van der Waals surface area contributed by atoms with E-state index in [-0.39, 0.29) is 0 Å². The van der Waals surface area contributed by atoms with Gasteiger partial charge in [0.05, 0.1) is 0 Å². The summed E-state index contributed by atoms with van der Waals surface area (Å²) in [5, 5.41) is 9.29. The van der Waals surface area contributed by atoms with Crippen LogP contribution in [0.2, 0.25) is 0 Å². The van der Waals surface area contributed by atoms with E-state index in [0.717, 1.165) is 0 Å². The van der Waals surface area contributed by atoms with E-state index in [4.69, 9.17) is 0 Å². The first kappa shape index (κ1) is 9.46. The van der Waals surface area contributed by atoms with Crippen LogP contribution in [0.25, 0.3) is 0 Å². The molecule has 1 aliphatic carbocycles. The van der Waals surface area contributed by atoms with Crippen LogP contribution in [-0.2, 0) is 6.42 Å². The summed E-state index contributed by atoms with van der Waals surface area (Å²) >= 11 is 0. The normalized spacial score (nSPS) is 18.4. The van der Waals surface area contributed by atoms with Crippen LogP contribution in [0.3, 0.4) is 0 Å². The molecule has 1 nitrogen and oxygen atoms in total. The molecule has 0 aromatic heterocycles. The van der Waals surface area contributed by atoms with Crippen LogP contribution in [0.5, 0.6) is 5.75 Å². The third kappa shape index (κ3) is 1.49. The Labute approximate surface area is 95.4 Å². The van der Waals surface area contributed by atoms with E-state index in [9.17, 15) is 5.11 Å². The van der Waals surface area contributed by atoms with Crippen molar-refractivity contribution in [1.82, 2.24) is 0 Å². The van der Waals surface area contributed by atoms with Gasteiger partial charge in [-0.3, -0.25) is 0 Å². The van der Waals surface area contributed by atoms with Gasteiger partial charge in [0.2, 0.25) is 0 Å². The monoisotopic (exact) mass is 210 g/mol. The Kier molecular flexibility index (Phi) is 2.17. The fraction of sp³-hybridized carbons (Fsp3) is 0.200. The lowest BCUT2D eigenvalue weighted by Crippen LogP contribution is -1.95. The topological polar surface area (TPSA) is 20.2 Å². The minimum absolute atomic E-state index is 0.343. The van der Waals surface area contributed by atoms with Gasteiger partial charge in [-0.1, -0.05) is 36.4 Å². The maximum atomic E-state index is 9.29. The first-order valence-corrected chi connectivity index (χ1v) is 5.71. The molecule has 0 saturated heterocycles. The smallest absolute Gasteiger partial charge is 0.115 e. The molecule has 1 aliphatic rings. The highest BCUT2D eigenvalue weighted by atomic mass is 16.3. The van der Waals surface area contributed by atoms with Gasteiger partial charge in [0, 0.05) is 5.92 Å². The zero-order chi connectivity index (χ0) is 11.0. The molecule has 1 unspecified atom stereocenters. The predicted octanol–water partition coefficient (Wildman–Crippen LogP) is 3.47. The number of fused-ring (bicyclic) bond motifs is 1. The zero-order valence-corrected chi connectivity index (χ0v) is 9.06. The van der Waals surface area contributed by atoms with Gasteiger partial charge in [0.25, 0.3) is 0 Å². The van der Waals surface area contributed by atoms with Crippen LogP contribution in [0, 0.1) is 0 Å². The maximum Gasteiger partial charge on any atom is 0.115 e. The number of phenolic OH excluding ortho intramolecular Hbond substituents is 1. The molecule has 0 amide bonds. The second kappa shape index (κ2) is 3.67. The number of hydrogen-bond acceptors (Lipinski definition) is 1. The highest BCUT2D eigenvalue weighted by molar-refractivity contribution is 5.43. The molecule has 0 spiro atoms. The summed E-state index contributed by atoms with van der Waals surface area (Å²) in [7, 11) is 0. The second-order valence-electron chi connectivity index (χ2n) is 4.38. The van der Waals surface area contributed by atoms with Crippen LogP contribution >= 0.6 is 0 Å². The first-order chi connectivity index (χ1) is 7.84. The lowest BCUT2D eigenvalue weighted by molar-refractivity contribution is 0.475. The molecular formula is C15H14O. The summed E-state index contributed by atoms with van der Waals surface area (Å²) < 4.78 is 0. The summed E-state index contributed by atoms with van der Waals surface area (Å²) in [5.41, 5.74) is 4.23. The van der Waals surface area contributed by atoms with Gasteiger partial charge in [-0.2, -0.15) is 0 Å². The van der Waals surface area contributed by atoms with Gasteiger partial charge in [0.1, 0.15) is 5.75 Å². The summed E-state index contributed by atoms with van der Waals surface area (Å²) in [4.78, 5) is 0. The van der Waals surface area contributed by atoms with Crippen molar-refractivity contribution >= 4 is 0 Å². The van der Waals surface area contributed by atoms with E-state index in [2.05, 4.69) is 24.3 Å². The second-order valence-corrected chi connectivity index (χ2v) is 4.38. The Morgan fingerprint density at radius 3 is 2.50 bits per heavy atom. The fourth-order valence-electron chi connectivity index (χ4n) is 2.61. The molecule has 1 atom stereocenters. The fourth-order valence-corrected chi connectivity index (χ4v) is 2.61. The third-order valence-electron chi connectivity index (χ3n) is 3.43. The van der Waals surface area contributed by atoms with E-state index in [1.54, 1.807) is 12.1 Å². The quantitative estimate of drug-likeness (QED) is 0.764. The van der Waals surface area contributed by atoms with Crippen molar-refractivity contribution in [3.05, 3.63) is 65.2 Å². The summed E-state index contributed by atoms with van der Waals surface area (Å²) in [6.45, 7) is 0. The summed E-state index contributed by atoms with van der Waals surface area (Å²) in [6, 6.07) is 16.3. The Bertz CT molecular complexity index is 499. The van der Waals surface area contributed by atoms with Crippen molar-refractivity contribution in [1.29, 1.82) is 0 Å². The van der Waals surface area contributed by atoms with Crippen molar-refractivity contribution < 1.29 is 5.11 Å². The average Bonchev–Trinajstić information content (AvgIpc) is 2.74. The SMILES string of the molecule is Oc1ccc(C2CCc3ccccc32)cc1. The molecular weight excluding hydrogens is 196 g/mol. The number of phenols is 1. The Balaban J connectivity index is 2.01. The zero-order valence-electron chi connectivity index (χ0n) is 9.06. The van der Waals surface area contributed by atoms with Crippen LogP contribution in [0.4, 0.5) is 0 Å². The van der Waals surface area contributed by atoms with Crippen molar-refractivity contribution in [3.63, 3.8) is 0 Å². The Hall–Kier alpha value is -1.76. The number of aryl methyl sites for hydroxylation is 1. The highest BCUT2D eigenvalue weighted by Crippen LogP contribution is 2.38. The van der Waals surface area contributed by atoms with Crippen molar-refractivity contribution in [2.75, 3.05) is 0 Å². The van der Waals surface area contributed by atoms with Crippen molar-refractivity contribution in [2.24, 2.45) is 0 Å². The molecule has 0 fully saturated rings. The molecule has 0 bridgehead atoms. The number of benzene rings is 2. The molecule has 1 heteroatoms. The molecule has 0 saturated carbocycles. The van der Waals surface area contributed by atoms with Gasteiger partial charge in [-0.05, 0) is 41.7 Å². The third-order valence-corrected chi connectivity index (χ3v) is 3.43. The van der Waals surface area contributed by atoms with Crippen LogP contribution in [0.15, 0.2) is 48.5 Å². The molecule has 2 aromatic rings. The largest absolute Gasteiger partial charge is 0.508 e. The van der Waals surface area contributed by atoms with E-state index < -0.39 is 0 Å². The molecule has 3 rings (SSSR count). The van der Waals surface area contributed by atoms with Crippen molar-refractivity contribution in [2.45, 2.75) is 18.8 Å². The molecule has 1 N–H and O–H groups in total. The van der Waals surface area contributed by atoms with Gasteiger partial charge >= 0.3 is 0 Å². The van der Waals surface area contributed by atoms with Crippen LogP contribution < -0.4 is 0 Å². The number of hydrogen-bond donors (Lipinski definition) is 1. The van der Waals surface area contributed by atoms with E-state index in [0.29, 0.717) is 11.7 Å². The molecule has 0 aliphatic heterocycles. The predicted molar refractivity (Wildman–Crippen MR) is 64.7 cm³/mol. The molecule has 0 radical (unpaired) electrons. The van der Waals surface area contributed by atoms with Crippen molar-refractivity contribution in [3.8, 4) is 5.75 Å². The van der Waals surface area contributed by atoms with E-state index >= 15 is 0 Å².